The van der Waals surface area contributed by atoms with Crippen LogP contribution in [0.2, 0.25) is 0 Å². The van der Waals surface area contributed by atoms with Crippen LogP contribution < -0.4 is 21.7 Å². The fraction of sp³-hybridized carbons (Fsp3) is 0.214. The number of halogens is 1. The molecule has 0 radical (unpaired) electrons. The van der Waals surface area contributed by atoms with E-state index in [1.807, 2.05) is 0 Å². The van der Waals surface area contributed by atoms with Gasteiger partial charge in [0.25, 0.3) is 5.56 Å². The summed E-state index contributed by atoms with van der Waals surface area (Å²) in [7, 11) is 2.61. The summed E-state index contributed by atoms with van der Waals surface area (Å²) < 4.78 is 19.8. The van der Waals surface area contributed by atoms with Crippen molar-refractivity contribution in [3.05, 3.63) is 56.5 Å². The second kappa shape index (κ2) is 5.84. The molecule has 0 aliphatic heterocycles. The first kappa shape index (κ1) is 15.5. The van der Waals surface area contributed by atoms with Crippen LogP contribution in [0.3, 0.4) is 0 Å². The van der Waals surface area contributed by atoms with Crippen molar-refractivity contribution in [2.45, 2.75) is 0 Å². The number of anilines is 1. The molecule has 22 heavy (non-hydrogen) atoms. The highest BCUT2D eigenvalue weighted by Gasteiger charge is 2.20. The fourth-order valence-electron chi connectivity index (χ4n) is 1.87. The predicted molar refractivity (Wildman–Crippen MR) is 77.6 cm³/mol. The molecule has 2 aromatic rings. The number of aromatic nitrogens is 2. The van der Waals surface area contributed by atoms with Crippen molar-refractivity contribution in [1.82, 2.24) is 9.13 Å². The number of carbonyl (C=O) groups excluding carboxylic acids is 1. The van der Waals surface area contributed by atoms with Gasteiger partial charge in [0.05, 0.1) is 0 Å². The van der Waals surface area contributed by atoms with E-state index in [4.69, 9.17) is 10.5 Å². The standard InChI is InChI=1S/C14H14FN3O4/c1-17-12(16)11(13(20)18(2)14(17)21)10(19)7-22-9-5-3-8(15)4-6-9/h3-6H,7,16H2,1-2H3. The van der Waals surface area contributed by atoms with E-state index in [1.54, 1.807) is 0 Å². The summed E-state index contributed by atoms with van der Waals surface area (Å²) in [6, 6.07) is 5.06. The first-order valence-electron chi connectivity index (χ1n) is 6.30. The Morgan fingerprint density at radius 3 is 2.36 bits per heavy atom. The Bertz CT molecular complexity index is 837. The summed E-state index contributed by atoms with van der Waals surface area (Å²) in [5, 5.41) is 0. The van der Waals surface area contributed by atoms with Gasteiger partial charge < -0.3 is 10.5 Å². The number of benzene rings is 1. The smallest absolute Gasteiger partial charge is 0.332 e. The molecule has 0 atom stereocenters. The Morgan fingerprint density at radius 2 is 1.77 bits per heavy atom. The fourth-order valence-corrected chi connectivity index (χ4v) is 1.87. The number of hydrogen-bond donors (Lipinski definition) is 1. The van der Waals surface area contributed by atoms with Gasteiger partial charge in [-0.3, -0.25) is 18.7 Å². The largest absolute Gasteiger partial charge is 0.485 e. The zero-order valence-electron chi connectivity index (χ0n) is 12.0. The SMILES string of the molecule is Cn1c(N)c(C(=O)COc2ccc(F)cc2)c(=O)n(C)c1=O. The maximum Gasteiger partial charge on any atom is 0.332 e. The molecule has 2 rings (SSSR count). The van der Waals surface area contributed by atoms with Gasteiger partial charge in [-0.1, -0.05) is 0 Å². The van der Waals surface area contributed by atoms with Crippen LogP contribution in [0.15, 0.2) is 33.9 Å². The molecule has 0 saturated heterocycles. The Hall–Kier alpha value is -2.90. The summed E-state index contributed by atoms with van der Waals surface area (Å²) in [4.78, 5) is 35.8. The van der Waals surface area contributed by atoms with Crippen LogP contribution in [0.25, 0.3) is 0 Å². The summed E-state index contributed by atoms with van der Waals surface area (Å²) >= 11 is 0. The van der Waals surface area contributed by atoms with Crippen LogP contribution in [0, 0.1) is 5.82 Å². The van der Waals surface area contributed by atoms with Crippen LogP contribution in [-0.2, 0) is 14.1 Å². The predicted octanol–water partition coefficient (Wildman–Crippen LogP) is 0.0670. The number of carbonyl (C=O) groups is 1. The molecule has 0 saturated carbocycles. The van der Waals surface area contributed by atoms with Gasteiger partial charge >= 0.3 is 5.69 Å². The molecule has 0 fully saturated rings. The molecule has 0 spiro atoms. The Labute approximate surface area is 124 Å². The first-order valence-corrected chi connectivity index (χ1v) is 6.30. The maximum absolute atomic E-state index is 12.8. The lowest BCUT2D eigenvalue weighted by Gasteiger charge is -2.11. The second-order valence-corrected chi connectivity index (χ2v) is 4.63. The lowest BCUT2D eigenvalue weighted by atomic mass is 10.2. The Balaban J connectivity index is 2.29. The molecular weight excluding hydrogens is 293 g/mol. The summed E-state index contributed by atoms with van der Waals surface area (Å²) in [5.41, 5.74) is 3.94. The highest BCUT2D eigenvalue weighted by atomic mass is 19.1. The third-order valence-corrected chi connectivity index (χ3v) is 3.17. The quantitative estimate of drug-likeness (QED) is 0.806. The molecular formula is C14H14FN3O4. The van der Waals surface area contributed by atoms with E-state index in [1.165, 1.54) is 38.4 Å². The van der Waals surface area contributed by atoms with Crippen molar-refractivity contribution in [1.29, 1.82) is 0 Å². The normalized spacial score (nSPS) is 10.5. The lowest BCUT2D eigenvalue weighted by molar-refractivity contribution is 0.0919. The molecule has 0 aliphatic rings. The minimum Gasteiger partial charge on any atom is -0.485 e. The molecule has 0 amide bonds. The number of nitrogens with two attached hydrogens (primary N) is 1. The molecule has 1 aromatic carbocycles. The van der Waals surface area contributed by atoms with E-state index < -0.39 is 29.5 Å². The Kier molecular flexibility index (Phi) is 4.11. The van der Waals surface area contributed by atoms with Gasteiger partial charge in [-0.15, -0.1) is 0 Å². The number of nitrogen functional groups attached to an aromatic ring is 1. The van der Waals surface area contributed by atoms with Gasteiger partial charge in [-0.2, -0.15) is 0 Å². The highest BCUT2D eigenvalue weighted by Crippen LogP contribution is 2.12. The van der Waals surface area contributed by atoms with E-state index in [2.05, 4.69) is 0 Å². The van der Waals surface area contributed by atoms with Crippen molar-refractivity contribution < 1.29 is 13.9 Å². The molecule has 2 N–H and O–H groups in total. The van der Waals surface area contributed by atoms with Gasteiger partial charge in [0.2, 0.25) is 5.78 Å². The van der Waals surface area contributed by atoms with Crippen LogP contribution in [0.4, 0.5) is 10.2 Å². The van der Waals surface area contributed by atoms with Crippen molar-refractivity contribution >= 4 is 11.6 Å². The van der Waals surface area contributed by atoms with E-state index >= 15 is 0 Å². The van der Waals surface area contributed by atoms with E-state index in [9.17, 15) is 18.8 Å². The van der Waals surface area contributed by atoms with Crippen LogP contribution >= 0.6 is 0 Å². The molecule has 1 aromatic heterocycles. The van der Waals surface area contributed by atoms with Crippen molar-refractivity contribution in [3.8, 4) is 5.75 Å². The molecule has 7 nitrogen and oxygen atoms in total. The van der Waals surface area contributed by atoms with Crippen LogP contribution in [0.1, 0.15) is 10.4 Å². The number of nitrogens with zero attached hydrogens (tertiary/aromatic N) is 2. The number of Topliss-reactive ketones (excluding diaryl/α,β-unsaturated/α-hetero) is 1. The topological polar surface area (TPSA) is 96.3 Å². The van der Waals surface area contributed by atoms with Gasteiger partial charge in [0.15, 0.2) is 6.61 Å². The zero-order chi connectivity index (χ0) is 16.4. The van der Waals surface area contributed by atoms with Crippen molar-refractivity contribution in [2.24, 2.45) is 14.1 Å². The van der Waals surface area contributed by atoms with Crippen LogP contribution in [0.5, 0.6) is 5.75 Å². The van der Waals surface area contributed by atoms with Gasteiger partial charge in [0, 0.05) is 14.1 Å². The lowest BCUT2D eigenvalue weighted by Crippen LogP contribution is -2.42. The molecule has 0 bridgehead atoms. The molecule has 1 heterocycles. The minimum atomic E-state index is -0.784. The van der Waals surface area contributed by atoms with Gasteiger partial charge in [-0.05, 0) is 24.3 Å². The number of ketones is 1. The average molecular weight is 307 g/mol. The third-order valence-electron chi connectivity index (χ3n) is 3.17. The summed E-state index contributed by atoms with van der Waals surface area (Å²) in [5.74, 6) is -1.05. The minimum absolute atomic E-state index is 0.221. The third kappa shape index (κ3) is 2.76. The second-order valence-electron chi connectivity index (χ2n) is 4.63. The summed E-state index contributed by atoms with van der Waals surface area (Å²) in [6.45, 7) is -0.455. The molecule has 8 heteroatoms. The number of ether oxygens (including phenoxy) is 1. The monoisotopic (exact) mass is 307 g/mol. The number of rotatable bonds is 4. The van der Waals surface area contributed by atoms with Gasteiger partial charge in [-0.25, -0.2) is 9.18 Å². The van der Waals surface area contributed by atoms with E-state index in [0.29, 0.717) is 0 Å². The van der Waals surface area contributed by atoms with Crippen molar-refractivity contribution in [2.75, 3.05) is 12.3 Å². The Morgan fingerprint density at radius 1 is 1.18 bits per heavy atom. The maximum atomic E-state index is 12.8. The highest BCUT2D eigenvalue weighted by molar-refractivity contribution is 6.00. The first-order chi connectivity index (χ1) is 10.3. The molecule has 0 unspecified atom stereocenters. The molecule has 116 valence electrons. The molecule has 0 aliphatic carbocycles. The van der Waals surface area contributed by atoms with E-state index in [-0.39, 0.29) is 17.1 Å². The number of hydrogen-bond acceptors (Lipinski definition) is 5. The van der Waals surface area contributed by atoms with E-state index in [0.717, 1.165) is 9.13 Å². The average Bonchev–Trinajstić information content (AvgIpc) is 2.50. The summed E-state index contributed by atoms with van der Waals surface area (Å²) in [6.07, 6.45) is 0. The zero-order valence-corrected chi connectivity index (χ0v) is 12.0. The van der Waals surface area contributed by atoms with Crippen LogP contribution in [-0.4, -0.2) is 21.5 Å². The van der Waals surface area contributed by atoms with Crippen molar-refractivity contribution in [3.63, 3.8) is 0 Å². The van der Waals surface area contributed by atoms with Gasteiger partial charge in [0.1, 0.15) is 22.9 Å².